The molecular weight excluding hydrogens is 312 g/mol. The molecule has 0 radical (unpaired) electrons. The third-order valence-corrected chi connectivity index (χ3v) is 4.96. The number of alkyl halides is 1. The van der Waals surface area contributed by atoms with Gasteiger partial charge in [0.25, 0.3) is 10.0 Å². The standard InChI is InChI=1S/C9H15ClN4O3S2/c1-7(15)12-8-13-14-9(18-8)19(16,17)11-6-4-2-3-5-10/h11H,2-6H2,1H3,(H,12,13,15). The molecular formula is C9H15ClN4O3S2. The van der Waals surface area contributed by atoms with Crippen molar-refractivity contribution in [1.29, 1.82) is 0 Å². The van der Waals surface area contributed by atoms with E-state index in [9.17, 15) is 13.2 Å². The van der Waals surface area contributed by atoms with Gasteiger partial charge >= 0.3 is 0 Å². The van der Waals surface area contributed by atoms with Crippen molar-refractivity contribution in [3.8, 4) is 0 Å². The molecule has 0 spiro atoms. The maximum Gasteiger partial charge on any atom is 0.269 e. The van der Waals surface area contributed by atoms with Gasteiger partial charge in [0.1, 0.15) is 0 Å². The highest BCUT2D eigenvalue weighted by Gasteiger charge is 2.19. The van der Waals surface area contributed by atoms with E-state index in [1.807, 2.05) is 0 Å². The lowest BCUT2D eigenvalue weighted by Gasteiger charge is -2.02. The predicted octanol–water partition coefficient (Wildman–Crippen LogP) is 1.18. The SMILES string of the molecule is CC(=O)Nc1nnc(S(=O)(=O)NCCCCCCl)s1. The summed E-state index contributed by atoms with van der Waals surface area (Å²) in [5, 5.41) is 9.66. The van der Waals surface area contributed by atoms with Crippen molar-refractivity contribution in [3.05, 3.63) is 0 Å². The van der Waals surface area contributed by atoms with Gasteiger partial charge < -0.3 is 5.32 Å². The molecule has 1 heterocycles. The van der Waals surface area contributed by atoms with Gasteiger partial charge in [-0.15, -0.1) is 21.8 Å². The summed E-state index contributed by atoms with van der Waals surface area (Å²) < 4.78 is 25.9. The Bertz CT molecular complexity index is 517. The number of halogens is 1. The summed E-state index contributed by atoms with van der Waals surface area (Å²) in [6.07, 6.45) is 2.43. The number of hydrogen-bond acceptors (Lipinski definition) is 6. The van der Waals surface area contributed by atoms with E-state index >= 15 is 0 Å². The molecule has 0 unspecified atom stereocenters. The normalized spacial score (nSPS) is 11.5. The van der Waals surface area contributed by atoms with Gasteiger partial charge in [-0.25, -0.2) is 13.1 Å². The molecule has 19 heavy (non-hydrogen) atoms. The van der Waals surface area contributed by atoms with Crippen LogP contribution in [0.3, 0.4) is 0 Å². The maximum atomic E-state index is 11.8. The highest BCUT2D eigenvalue weighted by molar-refractivity contribution is 7.91. The lowest BCUT2D eigenvalue weighted by Crippen LogP contribution is -2.24. The molecule has 1 amide bonds. The zero-order chi connectivity index (χ0) is 14.3. The Kier molecular flexibility index (Phi) is 6.63. The van der Waals surface area contributed by atoms with Crippen molar-refractivity contribution in [2.45, 2.75) is 30.5 Å². The largest absolute Gasteiger partial charge is 0.301 e. The van der Waals surface area contributed by atoms with E-state index in [-0.39, 0.29) is 15.4 Å². The smallest absolute Gasteiger partial charge is 0.269 e. The number of aromatic nitrogens is 2. The van der Waals surface area contributed by atoms with Gasteiger partial charge in [-0.1, -0.05) is 17.8 Å². The molecule has 0 atom stereocenters. The quantitative estimate of drug-likeness (QED) is 0.424. The van der Waals surface area contributed by atoms with Crippen molar-refractivity contribution in [1.82, 2.24) is 14.9 Å². The molecule has 0 aliphatic carbocycles. The second-order valence-electron chi connectivity index (χ2n) is 3.70. The Hall–Kier alpha value is -0.770. The summed E-state index contributed by atoms with van der Waals surface area (Å²) in [7, 11) is -3.65. The predicted molar refractivity (Wildman–Crippen MR) is 74.0 cm³/mol. The Morgan fingerprint density at radius 3 is 2.68 bits per heavy atom. The molecule has 1 rings (SSSR count). The van der Waals surface area contributed by atoms with Crippen LogP contribution in [-0.4, -0.2) is 36.9 Å². The summed E-state index contributed by atoms with van der Waals surface area (Å²) >= 11 is 6.33. The molecule has 0 aromatic carbocycles. The number of amides is 1. The first-order valence-electron chi connectivity index (χ1n) is 5.62. The van der Waals surface area contributed by atoms with Crippen LogP contribution in [-0.2, 0) is 14.8 Å². The molecule has 0 bridgehead atoms. The van der Waals surface area contributed by atoms with E-state index in [2.05, 4.69) is 20.2 Å². The number of hydrogen-bond donors (Lipinski definition) is 2. The molecule has 0 aliphatic rings. The molecule has 1 aromatic heterocycles. The zero-order valence-corrected chi connectivity index (χ0v) is 12.7. The van der Waals surface area contributed by atoms with Crippen LogP contribution in [0.1, 0.15) is 26.2 Å². The van der Waals surface area contributed by atoms with Gasteiger partial charge in [0, 0.05) is 19.3 Å². The van der Waals surface area contributed by atoms with Crippen LogP contribution in [0.4, 0.5) is 5.13 Å². The number of rotatable bonds is 8. The van der Waals surface area contributed by atoms with Crippen molar-refractivity contribution in [2.75, 3.05) is 17.7 Å². The topological polar surface area (TPSA) is 101 Å². The van der Waals surface area contributed by atoms with Crippen molar-refractivity contribution >= 4 is 44.0 Å². The molecule has 0 saturated carbocycles. The molecule has 2 N–H and O–H groups in total. The Morgan fingerprint density at radius 2 is 2.05 bits per heavy atom. The van der Waals surface area contributed by atoms with Crippen LogP contribution < -0.4 is 10.0 Å². The minimum absolute atomic E-state index is 0.159. The summed E-state index contributed by atoms with van der Waals surface area (Å²) in [4.78, 5) is 10.8. The van der Waals surface area contributed by atoms with E-state index in [0.717, 1.165) is 24.2 Å². The van der Waals surface area contributed by atoms with Gasteiger partial charge in [-0.3, -0.25) is 4.79 Å². The monoisotopic (exact) mass is 326 g/mol. The van der Waals surface area contributed by atoms with Gasteiger partial charge in [-0.05, 0) is 12.8 Å². The van der Waals surface area contributed by atoms with Crippen molar-refractivity contribution < 1.29 is 13.2 Å². The maximum absolute atomic E-state index is 11.8. The fourth-order valence-electron chi connectivity index (χ4n) is 1.18. The summed E-state index contributed by atoms with van der Waals surface area (Å²) in [5.74, 6) is 0.248. The van der Waals surface area contributed by atoms with E-state index in [0.29, 0.717) is 18.8 Å². The molecule has 0 fully saturated rings. The highest BCUT2D eigenvalue weighted by atomic mass is 35.5. The van der Waals surface area contributed by atoms with Crippen LogP contribution in [0.15, 0.2) is 4.34 Å². The van der Waals surface area contributed by atoms with Gasteiger partial charge in [0.2, 0.25) is 15.4 Å². The van der Waals surface area contributed by atoms with Gasteiger partial charge in [-0.2, -0.15) is 0 Å². The van der Waals surface area contributed by atoms with Crippen molar-refractivity contribution in [3.63, 3.8) is 0 Å². The van der Waals surface area contributed by atoms with Gasteiger partial charge in [0.15, 0.2) is 0 Å². The zero-order valence-electron chi connectivity index (χ0n) is 10.3. The Balaban J connectivity index is 2.52. The fourth-order valence-corrected chi connectivity index (χ4v) is 3.43. The number of carbonyl (C=O) groups excluding carboxylic acids is 1. The number of anilines is 1. The van der Waals surface area contributed by atoms with Crippen LogP contribution >= 0.6 is 22.9 Å². The minimum Gasteiger partial charge on any atom is -0.301 e. The minimum atomic E-state index is -3.65. The van der Waals surface area contributed by atoms with Crippen LogP contribution in [0.2, 0.25) is 0 Å². The van der Waals surface area contributed by atoms with E-state index < -0.39 is 10.0 Å². The number of nitrogens with one attached hydrogen (secondary N) is 2. The van der Waals surface area contributed by atoms with Gasteiger partial charge in [0.05, 0.1) is 0 Å². The Morgan fingerprint density at radius 1 is 1.32 bits per heavy atom. The number of nitrogens with zero attached hydrogens (tertiary/aromatic N) is 2. The first-order chi connectivity index (χ1) is 8.95. The molecule has 1 aromatic rings. The molecule has 0 saturated heterocycles. The molecule has 10 heteroatoms. The van der Waals surface area contributed by atoms with E-state index in [1.54, 1.807) is 0 Å². The van der Waals surface area contributed by atoms with Crippen LogP contribution in [0, 0.1) is 0 Å². The molecule has 108 valence electrons. The fraction of sp³-hybridized carbons (Fsp3) is 0.667. The third kappa shape index (κ3) is 5.81. The number of sulfonamides is 1. The van der Waals surface area contributed by atoms with E-state index in [4.69, 9.17) is 11.6 Å². The van der Waals surface area contributed by atoms with E-state index in [1.165, 1.54) is 6.92 Å². The first-order valence-corrected chi connectivity index (χ1v) is 8.46. The lowest BCUT2D eigenvalue weighted by molar-refractivity contribution is -0.114. The molecule has 0 aliphatic heterocycles. The number of carbonyl (C=O) groups is 1. The second kappa shape index (κ2) is 7.73. The highest BCUT2D eigenvalue weighted by Crippen LogP contribution is 2.19. The molecule has 7 nitrogen and oxygen atoms in total. The van der Waals surface area contributed by atoms with Crippen LogP contribution in [0.5, 0.6) is 0 Å². The summed E-state index contributed by atoms with van der Waals surface area (Å²) in [6.45, 7) is 1.64. The summed E-state index contributed by atoms with van der Waals surface area (Å²) in [6, 6.07) is 0. The summed E-state index contributed by atoms with van der Waals surface area (Å²) in [5.41, 5.74) is 0. The van der Waals surface area contributed by atoms with Crippen molar-refractivity contribution in [2.24, 2.45) is 0 Å². The second-order valence-corrected chi connectivity index (χ2v) is 7.00. The Labute approximate surface area is 120 Å². The average Bonchev–Trinajstić information content (AvgIpc) is 2.77. The van der Waals surface area contributed by atoms with Crippen LogP contribution in [0.25, 0.3) is 0 Å². The first kappa shape index (κ1) is 16.3. The lowest BCUT2D eigenvalue weighted by atomic mass is 10.2. The number of unbranched alkanes of at least 4 members (excludes halogenated alkanes) is 2. The third-order valence-electron chi connectivity index (χ3n) is 2.02. The average molecular weight is 327 g/mol.